The topological polar surface area (TPSA) is 62.6 Å². The van der Waals surface area contributed by atoms with Gasteiger partial charge >= 0.3 is 6.01 Å². The highest BCUT2D eigenvalue weighted by Crippen LogP contribution is 2.40. The molecule has 3 rings (SSSR count). The number of hydrogen-bond donors (Lipinski definition) is 0. The van der Waals surface area contributed by atoms with E-state index in [-0.39, 0.29) is 29.0 Å². The van der Waals surface area contributed by atoms with Gasteiger partial charge in [-0.3, -0.25) is 9.36 Å². The Morgan fingerprint density at radius 2 is 2.13 bits per heavy atom. The molecule has 0 radical (unpaired) electrons. The number of aryl methyl sites for hydroxylation is 1. The highest BCUT2D eigenvalue weighted by molar-refractivity contribution is 6.74. The molecule has 7 heteroatoms. The SMILES string of the molecule is Cc1cn2c(nc1=O)O[C@H]1C[C@@H]2O[C@H]1CO[Si](C)(C)C(C)(C)C. The van der Waals surface area contributed by atoms with Gasteiger partial charge in [-0.05, 0) is 25.1 Å². The van der Waals surface area contributed by atoms with Gasteiger partial charge in [0.1, 0.15) is 18.4 Å². The Hall–Kier alpha value is -1.18. The molecule has 2 bridgehead atoms. The summed E-state index contributed by atoms with van der Waals surface area (Å²) in [6, 6.07) is 0.358. The third kappa shape index (κ3) is 2.97. The molecule has 1 fully saturated rings. The van der Waals surface area contributed by atoms with Gasteiger partial charge in [-0.2, -0.15) is 4.98 Å². The summed E-state index contributed by atoms with van der Waals surface area (Å²) in [5.74, 6) is 0. The first-order chi connectivity index (χ1) is 10.6. The molecule has 1 aromatic rings. The van der Waals surface area contributed by atoms with Gasteiger partial charge in [0.2, 0.25) is 0 Å². The lowest BCUT2D eigenvalue weighted by Crippen LogP contribution is -2.44. The van der Waals surface area contributed by atoms with Gasteiger partial charge < -0.3 is 13.9 Å². The van der Waals surface area contributed by atoms with Gasteiger partial charge in [0.15, 0.2) is 8.32 Å². The van der Waals surface area contributed by atoms with E-state index in [1.807, 2.05) is 4.57 Å². The molecule has 3 atom stereocenters. The second-order valence-corrected chi connectivity index (χ2v) is 12.8. The van der Waals surface area contributed by atoms with Crippen LogP contribution in [0.2, 0.25) is 18.1 Å². The number of ether oxygens (including phenoxy) is 2. The van der Waals surface area contributed by atoms with Crippen molar-refractivity contribution in [1.82, 2.24) is 9.55 Å². The third-order valence-electron chi connectivity index (χ3n) is 5.25. The molecule has 0 aromatic carbocycles. The average Bonchev–Trinajstić information content (AvgIpc) is 2.76. The number of fused-ring (bicyclic) bond motifs is 4. The molecule has 1 aromatic heterocycles. The fourth-order valence-corrected chi connectivity index (χ4v) is 3.65. The van der Waals surface area contributed by atoms with Crippen LogP contribution in [0.4, 0.5) is 0 Å². The molecule has 0 amide bonds. The van der Waals surface area contributed by atoms with Gasteiger partial charge in [0.05, 0.1) is 6.61 Å². The standard InChI is InChI=1S/C16H26N2O4Si/c1-10-8-18-13-7-11(22-15(18)17-14(10)19)12(21-13)9-20-23(5,6)16(2,3)4/h8,11-13H,7,9H2,1-6H3/t11-,12-,13-/m0/s1. The zero-order chi connectivity index (χ0) is 17.0. The van der Waals surface area contributed by atoms with Crippen LogP contribution in [0.5, 0.6) is 6.01 Å². The van der Waals surface area contributed by atoms with Crippen LogP contribution >= 0.6 is 0 Å². The maximum Gasteiger partial charge on any atom is 0.302 e. The van der Waals surface area contributed by atoms with Gasteiger partial charge in [-0.15, -0.1) is 0 Å². The number of nitrogens with zero attached hydrogens (tertiary/aromatic N) is 2. The van der Waals surface area contributed by atoms with Gasteiger partial charge in [0.25, 0.3) is 5.56 Å². The Balaban J connectivity index is 1.73. The van der Waals surface area contributed by atoms with E-state index in [2.05, 4.69) is 38.8 Å². The van der Waals surface area contributed by atoms with E-state index in [1.165, 1.54) is 0 Å². The summed E-state index contributed by atoms with van der Waals surface area (Å²) in [5, 5.41) is 0.162. The first kappa shape index (κ1) is 16.7. The maximum atomic E-state index is 11.7. The summed E-state index contributed by atoms with van der Waals surface area (Å²) in [6.45, 7) is 13.4. The molecule has 0 aliphatic carbocycles. The van der Waals surface area contributed by atoms with Crippen molar-refractivity contribution >= 4 is 8.32 Å². The van der Waals surface area contributed by atoms with Crippen molar-refractivity contribution in [3.05, 3.63) is 22.1 Å². The molecule has 0 spiro atoms. The molecule has 6 nitrogen and oxygen atoms in total. The first-order valence-electron chi connectivity index (χ1n) is 8.14. The lowest BCUT2D eigenvalue weighted by molar-refractivity contribution is -0.0220. The van der Waals surface area contributed by atoms with Crippen LogP contribution in [0.25, 0.3) is 0 Å². The number of hydrogen-bond acceptors (Lipinski definition) is 5. The summed E-state index contributed by atoms with van der Waals surface area (Å²) >= 11 is 0. The summed E-state index contributed by atoms with van der Waals surface area (Å²) in [5.41, 5.74) is 0.354. The fourth-order valence-electron chi connectivity index (χ4n) is 2.63. The van der Waals surface area contributed by atoms with Crippen molar-refractivity contribution in [3.8, 4) is 6.01 Å². The van der Waals surface area contributed by atoms with Crippen molar-refractivity contribution in [2.45, 2.75) is 70.7 Å². The van der Waals surface area contributed by atoms with E-state index in [1.54, 1.807) is 13.1 Å². The molecule has 3 heterocycles. The van der Waals surface area contributed by atoms with E-state index in [9.17, 15) is 4.79 Å². The Morgan fingerprint density at radius 1 is 1.43 bits per heavy atom. The minimum absolute atomic E-state index is 0.0978. The zero-order valence-corrected chi connectivity index (χ0v) is 15.8. The Bertz CT molecular complexity index is 665. The Kier molecular flexibility index (Phi) is 3.93. The fraction of sp³-hybridized carbons (Fsp3) is 0.750. The predicted molar refractivity (Wildman–Crippen MR) is 89.3 cm³/mol. The van der Waals surface area contributed by atoms with E-state index >= 15 is 0 Å². The highest BCUT2D eigenvalue weighted by atomic mass is 28.4. The normalized spacial score (nSPS) is 26.8. The van der Waals surface area contributed by atoms with Crippen molar-refractivity contribution in [2.75, 3.05) is 6.61 Å². The smallest absolute Gasteiger partial charge is 0.302 e. The molecule has 0 saturated carbocycles. The van der Waals surface area contributed by atoms with Crippen LogP contribution in [0, 0.1) is 6.92 Å². The first-order valence-corrected chi connectivity index (χ1v) is 11.1. The minimum atomic E-state index is -1.82. The average molecular weight is 338 g/mol. The molecule has 0 unspecified atom stereocenters. The van der Waals surface area contributed by atoms with E-state index in [0.717, 1.165) is 6.42 Å². The molecule has 2 aliphatic heterocycles. The van der Waals surface area contributed by atoms with Crippen molar-refractivity contribution in [1.29, 1.82) is 0 Å². The van der Waals surface area contributed by atoms with Crippen molar-refractivity contribution < 1.29 is 13.9 Å². The quantitative estimate of drug-likeness (QED) is 0.793. The molecular weight excluding hydrogens is 312 g/mol. The second-order valence-electron chi connectivity index (χ2n) is 8.01. The molecule has 2 aliphatic rings. The number of rotatable bonds is 3. The van der Waals surface area contributed by atoms with Gasteiger partial charge in [-0.25, -0.2) is 0 Å². The largest absolute Gasteiger partial charge is 0.458 e. The lowest BCUT2D eigenvalue weighted by Gasteiger charge is -2.37. The van der Waals surface area contributed by atoms with Crippen molar-refractivity contribution in [2.24, 2.45) is 0 Å². The van der Waals surface area contributed by atoms with Crippen molar-refractivity contribution in [3.63, 3.8) is 0 Å². The highest BCUT2D eigenvalue weighted by Gasteiger charge is 2.45. The predicted octanol–water partition coefficient (Wildman–Crippen LogP) is 2.62. The molecule has 128 valence electrons. The summed E-state index contributed by atoms with van der Waals surface area (Å²) in [6.07, 6.45) is 2.19. The maximum absolute atomic E-state index is 11.7. The molecule has 1 saturated heterocycles. The molecular formula is C16H26N2O4Si. The molecule has 0 N–H and O–H groups in total. The molecule has 23 heavy (non-hydrogen) atoms. The summed E-state index contributed by atoms with van der Waals surface area (Å²) in [4.78, 5) is 15.7. The third-order valence-corrected chi connectivity index (χ3v) is 9.75. The van der Waals surface area contributed by atoms with Crippen LogP contribution in [-0.4, -0.2) is 36.7 Å². The van der Waals surface area contributed by atoms with Crippen LogP contribution in [0.15, 0.2) is 11.0 Å². The van der Waals surface area contributed by atoms with Crippen LogP contribution in [0.3, 0.4) is 0 Å². The summed E-state index contributed by atoms with van der Waals surface area (Å²) < 4.78 is 20.1. The zero-order valence-electron chi connectivity index (χ0n) is 14.8. The summed E-state index contributed by atoms with van der Waals surface area (Å²) in [7, 11) is -1.82. The minimum Gasteiger partial charge on any atom is -0.458 e. The second kappa shape index (κ2) is 5.43. The van der Waals surface area contributed by atoms with E-state index < -0.39 is 8.32 Å². The van der Waals surface area contributed by atoms with Crippen LogP contribution in [-0.2, 0) is 9.16 Å². The number of aromatic nitrogens is 2. The van der Waals surface area contributed by atoms with Crippen LogP contribution < -0.4 is 10.3 Å². The van der Waals surface area contributed by atoms with Gasteiger partial charge in [-0.1, -0.05) is 20.8 Å². The van der Waals surface area contributed by atoms with Crippen LogP contribution in [0.1, 0.15) is 39.0 Å². The monoisotopic (exact) mass is 338 g/mol. The van der Waals surface area contributed by atoms with E-state index in [4.69, 9.17) is 13.9 Å². The lowest BCUT2D eigenvalue weighted by atomic mass is 10.1. The Labute approximate surface area is 137 Å². The Morgan fingerprint density at radius 3 is 2.78 bits per heavy atom. The van der Waals surface area contributed by atoms with Gasteiger partial charge in [0, 0.05) is 18.2 Å². The van der Waals surface area contributed by atoms with E-state index in [0.29, 0.717) is 18.2 Å².